The minimum absolute atomic E-state index is 0.0271. The first-order chi connectivity index (χ1) is 14.9. The molecule has 0 atom stereocenters. The van der Waals surface area contributed by atoms with Gasteiger partial charge in [0.05, 0.1) is 4.92 Å². The zero-order valence-electron chi connectivity index (χ0n) is 16.1. The summed E-state index contributed by atoms with van der Waals surface area (Å²) in [4.78, 5) is 49.4. The molecular formula is C22H16ClN3O5. The number of rotatable bonds is 6. The fourth-order valence-corrected chi connectivity index (χ4v) is 3.82. The van der Waals surface area contributed by atoms with Gasteiger partial charge in [0, 0.05) is 41.2 Å². The van der Waals surface area contributed by atoms with Gasteiger partial charge in [0.2, 0.25) is 5.91 Å². The molecule has 0 saturated carbocycles. The minimum atomic E-state index is -0.635. The van der Waals surface area contributed by atoms with Crippen molar-refractivity contribution in [2.75, 3.05) is 11.9 Å². The summed E-state index contributed by atoms with van der Waals surface area (Å²) in [7, 11) is 0. The Morgan fingerprint density at radius 3 is 2.29 bits per heavy atom. The summed E-state index contributed by atoms with van der Waals surface area (Å²) in [5.74, 6) is -1.16. The number of hydrogen-bond donors (Lipinski definition) is 1. The van der Waals surface area contributed by atoms with Gasteiger partial charge in [0.15, 0.2) is 0 Å². The van der Waals surface area contributed by atoms with Gasteiger partial charge in [0.25, 0.3) is 17.5 Å². The topological polar surface area (TPSA) is 110 Å². The summed E-state index contributed by atoms with van der Waals surface area (Å²) in [6.45, 7) is 0.0799. The summed E-state index contributed by atoms with van der Waals surface area (Å²) in [6, 6.07) is 14.6. The van der Waals surface area contributed by atoms with Crippen molar-refractivity contribution in [3.05, 3.63) is 80.9 Å². The third kappa shape index (κ3) is 3.85. The summed E-state index contributed by atoms with van der Waals surface area (Å²) in [6.07, 6.45) is 0.274. The molecule has 0 radical (unpaired) electrons. The molecular weight excluding hydrogens is 422 g/mol. The maximum absolute atomic E-state index is 12.8. The molecule has 0 fully saturated rings. The highest BCUT2D eigenvalue weighted by molar-refractivity contribution is 6.32. The van der Waals surface area contributed by atoms with E-state index < -0.39 is 10.8 Å². The van der Waals surface area contributed by atoms with Gasteiger partial charge < -0.3 is 5.32 Å². The highest BCUT2D eigenvalue weighted by Gasteiger charge is 2.32. The quantitative estimate of drug-likeness (QED) is 0.349. The molecule has 0 saturated heterocycles. The van der Waals surface area contributed by atoms with Crippen LogP contribution in [0.15, 0.2) is 54.6 Å². The van der Waals surface area contributed by atoms with E-state index in [0.717, 1.165) is 10.3 Å². The lowest BCUT2D eigenvalue weighted by Crippen LogP contribution is -2.41. The van der Waals surface area contributed by atoms with Crippen LogP contribution in [0.3, 0.4) is 0 Å². The number of nitro benzene ring substituents is 1. The van der Waals surface area contributed by atoms with Gasteiger partial charge in [-0.1, -0.05) is 35.9 Å². The van der Waals surface area contributed by atoms with E-state index >= 15 is 0 Å². The number of imide groups is 1. The number of halogens is 1. The van der Waals surface area contributed by atoms with E-state index in [1.807, 2.05) is 12.1 Å². The molecule has 1 N–H and O–H groups in total. The molecule has 156 valence electrons. The van der Waals surface area contributed by atoms with Crippen LogP contribution in [0.5, 0.6) is 0 Å². The van der Waals surface area contributed by atoms with Gasteiger partial charge in [-0.3, -0.25) is 29.4 Å². The van der Waals surface area contributed by atoms with Gasteiger partial charge in [-0.25, -0.2) is 0 Å². The van der Waals surface area contributed by atoms with Crippen molar-refractivity contribution >= 4 is 51.5 Å². The Morgan fingerprint density at radius 1 is 1.03 bits per heavy atom. The molecule has 4 rings (SSSR count). The molecule has 0 spiro atoms. The van der Waals surface area contributed by atoms with Crippen molar-refractivity contribution in [2.45, 2.75) is 12.8 Å². The van der Waals surface area contributed by atoms with Gasteiger partial charge in [0.1, 0.15) is 5.02 Å². The van der Waals surface area contributed by atoms with E-state index in [0.29, 0.717) is 16.5 Å². The number of nitro groups is 1. The molecule has 0 bridgehead atoms. The number of anilines is 1. The number of amides is 3. The van der Waals surface area contributed by atoms with Crippen LogP contribution in [0.4, 0.5) is 11.4 Å². The second-order valence-electron chi connectivity index (χ2n) is 7.05. The SMILES string of the molecule is O=C(CCCN1C(=O)c2cccc3cccc(c23)C1=O)Nc1ccc(Cl)c([N+](=O)[O-])c1. The minimum Gasteiger partial charge on any atom is -0.326 e. The third-order valence-corrected chi connectivity index (χ3v) is 5.39. The van der Waals surface area contributed by atoms with Crippen molar-refractivity contribution in [3.8, 4) is 0 Å². The fourth-order valence-electron chi connectivity index (χ4n) is 3.64. The average Bonchev–Trinajstić information content (AvgIpc) is 2.75. The molecule has 1 aliphatic heterocycles. The Labute approximate surface area is 181 Å². The van der Waals surface area contributed by atoms with Crippen LogP contribution < -0.4 is 5.32 Å². The van der Waals surface area contributed by atoms with Gasteiger partial charge >= 0.3 is 0 Å². The van der Waals surface area contributed by atoms with Crippen LogP contribution in [-0.2, 0) is 4.79 Å². The molecule has 1 aliphatic rings. The van der Waals surface area contributed by atoms with E-state index in [-0.39, 0.29) is 47.6 Å². The van der Waals surface area contributed by atoms with Crippen LogP contribution in [-0.4, -0.2) is 34.1 Å². The molecule has 3 aromatic rings. The van der Waals surface area contributed by atoms with Crippen LogP contribution >= 0.6 is 11.6 Å². The van der Waals surface area contributed by atoms with Crippen LogP contribution in [0, 0.1) is 10.1 Å². The number of carbonyl (C=O) groups is 3. The standard InChI is InChI=1S/C22H16ClN3O5/c23-17-10-9-14(12-18(17)26(30)31)24-19(27)8-3-11-25-21(28)15-6-1-4-13-5-2-7-16(20(13)15)22(25)29/h1-2,4-7,9-10,12H,3,8,11H2,(H,24,27). The highest BCUT2D eigenvalue weighted by atomic mass is 35.5. The van der Waals surface area contributed by atoms with Gasteiger partial charge in [-0.15, -0.1) is 0 Å². The zero-order chi connectivity index (χ0) is 22.1. The predicted molar refractivity (Wildman–Crippen MR) is 115 cm³/mol. The normalized spacial score (nSPS) is 12.9. The smallest absolute Gasteiger partial charge is 0.289 e. The molecule has 31 heavy (non-hydrogen) atoms. The predicted octanol–water partition coefficient (Wildman–Crippen LogP) is 4.42. The Bertz CT molecular complexity index is 1210. The number of benzene rings is 3. The van der Waals surface area contributed by atoms with E-state index in [1.54, 1.807) is 24.3 Å². The largest absolute Gasteiger partial charge is 0.326 e. The maximum Gasteiger partial charge on any atom is 0.289 e. The van der Waals surface area contributed by atoms with Gasteiger partial charge in [-0.2, -0.15) is 0 Å². The van der Waals surface area contributed by atoms with E-state index in [1.165, 1.54) is 18.2 Å². The monoisotopic (exact) mass is 437 g/mol. The van der Waals surface area contributed by atoms with Crippen molar-refractivity contribution in [2.24, 2.45) is 0 Å². The number of hydrogen-bond acceptors (Lipinski definition) is 5. The summed E-state index contributed by atoms with van der Waals surface area (Å²) >= 11 is 5.77. The Morgan fingerprint density at radius 2 is 1.68 bits per heavy atom. The lowest BCUT2D eigenvalue weighted by Gasteiger charge is -2.27. The zero-order valence-corrected chi connectivity index (χ0v) is 16.9. The first-order valence-electron chi connectivity index (χ1n) is 9.48. The number of nitrogens with zero attached hydrogens (tertiary/aromatic N) is 2. The summed E-state index contributed by atoms with van der Waals surface area (Å²) in [5.41, 5.74) is 0.861. The van der Waals surface area contributed by atoms with Crippen molar-refractivity contribution in [1.82, 2.24) is 4.90 Å². The van der Waals surface area contributed by atoms with E-state index in [4.69, 9.17) is 11.6 Å². The van der Waals surface area contributed by atoms with Crippen molar-refractivity contribution < 1.29 is 19.3 Å². The Hall–Kier alpha value is -3.78. The third-order valence-electron chi connectivity index (χ3n) is 5.07. The van der Waals surface area contributed by atoms with Crippen LogP contribution in [0.2, 0.25) is 5.02 Å². The first-order valence-corrected chi connectivity index (χ1v) is 9.86. The molecule has 0 aliphatic carbocycles. The molecule has 0 aromatic heterocycles. The Kier molecular flexibility index (Phi) is 5.39. The molecule has 8 nitrogen and oxygen atoms in total. The fraction of sp³-hybridized carbons (Fsp3) is 0.136. The summed E-state index contributed by atoms with van der Waals surface area (Å²) in [5, 5.41) is 15.0. The van der Waals surface area contributed by atoms with Crippen molar-refractivity contribution in [3.63, 3.8) is 0 Å². The number of carbonyl (C=O) groups excluding carboxylic acids is 3. The Balaban J connectivity index is 1.42. The van der Waals surface area contributed by atoms with Crippen molar-refractivity contribution in [1.29, 1.82) is 0 Å². The number of nitrogens with one attached hydrogen (secondary N) is 1. The molecule has 0 unspecified atom stereocenters. The lowest BCUT2D eigenvalue weighted by molar-refractivity contribution is -0.384. The van der Waals surface area contributed by atoms with E-state index in [2.05, 4.69) is 5.32 Å². The molecule has 3 amide bonds. The van der Waals surface area contributed by atoms with E-state index in [9.17, 15) is 24.5 Å². The highest BCUT2D eigenvalue weighted by Crippen LogP contribution is 2.30. The van der Waals surface area contributed by atoms with Gasteiger partial charge in [-0.05, 0) is 36.1 Å². The lowest BCUT2D eigenvalue weighted by atomic mass is 9.94. The molecule has 1 heterocycles. The van der Waals surface area contributed by atoms with Crippen LogP contribution in [0.1, 0.15) is 33.6 Å². The van der Waals surface area contributed by atoms with Crippen LogP contribution in [0.25, 0.3) is 10.8 Å². The second-order valence-corrected chi connectivity index (χ2v) is 7.45. The first kappa shape index (κ1) is 20.5. The molecule has 3 aromatic carbocycles. The average molecular weight is 438 g/mol. The molecule has 9 heteroatoms. The summed E-state index contributed by atoms with van der Waals surface area (Å²) < 4.78 is 0. The maximum atomic E-state index is 12.8. The second kappa shape index (κ2) is 8.16.